The Morgan fingerprint density at radius 1 is 1.35 bits per heavy atom. The molecular formula is C12H18ClNO5S. The quantitative estimate of drug-likeness (QED) is 0.714. The van der Waals surface area contributed by atoms with Gasteiger partial charge in [0.25, 0.3) is 0 Å². The molecule has 1 unspecified atom stereocenters. The van der Waals surface area contributed by atoms with Gasteiger partial charge >= 0.3 is 11.9 Å². The molecule has 2 rings (SSSR count). The van der Waals surface area contributed by atoms with E-state index in [1.807, 2.05) is 0 Å². The maximum atomic E-state index is 11.0. The van der Waals surface area contributed by atoms with Gasteiger partial charge in [0.2, 0.25) is 5.91 Å². The van der Waals surface area contributed by atoms with E-state index in [0.717, 1.165) is 0 Å². The summed E-state index contributed by atoms with van der Waals surface area (Å²) in [6.07, 6.45) is 2.07. The second kappa shape index (κ2) is 6.99. The van der Waals surface area contributed by atoms with E-state index < -0.39 is 17.4 Å². The Kier molecular flexibility index (Phi) is 6.56. The molecule has 1 fully saturated rings. The van der Waals surface area contributed by atoms with Gasteiger partial charge in [-0.25, -0.2) is 4.79 Å². The molecular weight excluding hydrogens is 306 g/mol. The summed E-state index contributed by atoms with van der Waals surface area (Å²) < 4.78 is 0. The fourth-order valence-electron chi connectivity index (χ4n) is 1.34. The second-order valence-electron chi connectivity index (χ2n) is 5.21. The number of halogens is 1. The molecule has 0 saturated carbocycles. The molecule has 0 bridgehead atoms. The van der Waals surface area contributed by atoms with Gasteiger partial charge in [0.15, 0.2) is 0 Å². The van der Waals surface area contributed by atoms with Crippen molar-refractivity contribution in [3.05, 3.63) is 11.8 Å². The van der Waals surface area contributed by atoms with Crippen LogP contribution < -0.4 is 0 Å². The lowest BCUT2D eigenvalue weighted by atomic mass is 9.98. The van der Waals surface area contributed by atoms with E-state index in [-0.39, 0.29) is 29.4 Å². The van der Waals surface area contributed by atoms with E-state index in [1.165, 1.54) is 4.90 Å². The number of nitrogens with zero attached hydrogens (tertiary/aromatic N) is 1. The number of carbonyl (C=O) groups excluding carboxylic acids is 1. The second-order valence-corrected chi connectivity index (χ2v) is 6.42. The molecule has 0 aromatic heterocycles. The molecule has 2 heterocycles. The van der Waals surface area contributed by atoms with Crippen molar-refractivity contribution in [2.45, 2.75) is 32.6 Å². The lowest BCUT2D eigenvalue weighted by molar-refractivity contribution is -0.146. The minimum absolute atomic E-state index is 0. The van der Waals surface area contributed by atoms with Crippen molar-refractivity contribution >= 4 is 42.0 Å². The third-order valence-electron chi connectivity index (χ3n) is 2.59. The molecule has 2 N–H and O–H groups in total. The number of carboxylic acids is 2. The molecule has 8 heteroatoms. The molecule has 2 aliphatic heterocycles. The first kappa shape index (κ1) is 18.8. The largest absolute Gasteiger partial charge is 0.481 e. The topological polar surface area (TPSA) is 94.9 Å². The minimum Gasteiger partial charge on any atom is -0.481 e. The summed E-state index contributed by atoms with van der Waals surface area (Å²) in [5.74, 6) is -1.16. The number of carboxylic acid groups (broad SMARTS) is 2. The zero-order valence-corrected chi connectivity index (χ0v) is 13.1. The van der Waals surface area contributed by atoms with E-state index >= 15 is 0 Å². The van der Waals surface area contributed by atoms with Crippen LogP contribution in [0, 0.1) is 5.41 Å². The molecule has 0 spiro atoms. The zero-order valence-electron chi connectivity index (χ0n) is 11.5. The Labute approximate surface area is 127 Å². The van der Waals surface area contributed by atoms with Gasteiger partial charge in [-0.05, 0) is 26.8 Å². The first-order valence-corrected chi connectivity index (χ1v) is 6.80. The number of β-lactam (4-membered cyclic amide) rings is 1. The third kappa shape index (κ3) is 4.42. The molecule has 1 amide bonds. The normalized spacial score (nSPS) is 20.4. The van der Waals surface area contributed by atoms with Gasteiger partial charge in [0, 0.05) is 5.75 Å². The Balaban J connectivity index is 0.000000396. The van der Waals surface area contributed by atoms with Crippen molar-refractivity contribution in [2.24, 2.45) is 5.41 Å². The van der Waals surface area contributed by atoms with Crippen molar-refractivity contribution in [1.29, 1.82) is 0 Å². The summed E-state index contributed by atoms with van der Waals surface area (Å²) in [5.41, 5.74) is -0.435. The average Bonchev–Trinajstić information content (AvgIpc) is 2.26. The molecule has 0 aliphatic carbocycles. The van der Waals surface area contributed by atoms with Crippen LogP contribution in [0.3, 0.4) is 0 Å². The summed E-state index contributed by atoms with van der Waals surface area (Å²) >= 11 is 1.60. The van der Waals surface area contributed by atoms with Gasteiger partial charge in [-0.1, -0.05) is 0 Å². The van der Waals surface area contributed by atoms with Crippen LogP contribution >= 0.6 is 24.2 Å². The van der Waals surface area contributed by atoms with Gasteiger partial charge < -0.3 is 10.2 Å². The fourth-order valence-corrected chi connectivity index (χ4v) is 2.45. The predicted molar refractivity (Wildman–Crippen MR) is 77.8 cm³/mol. The van der Waals surface area contributed by atoms with Gasteiger partial charge in [-0.3, -0.25) is 14.5 Å². The number of rotatable bonds is 1. The number of amides is 1. The zero-order chi connectivity index (χ0) is 14.8. The highest BCUT2D eigenvalue weighted by molar-refractivity contribution is 8.00. The Morgan fingerprint density at radius 3 is 2.15 bits per heavy atom. The molecule has 0 aromatic carbocycles. The van der Waals surface area contributed by atoms with Crippen LogP contribution in [0.1, 0.15) is 27.2 Å². The standard InChI is InChI=1S/C7H7NO3S.C5H10O2.ClH/c9-5-3-6-8(5)4(7(10)11)1-2-12-6;1-5(2,3)4(6)7;/h1,6H,2-3H2,(H,10,11);1-3H3,(H,6,7);1H. The molecule has 0 radical (unpaired) electrons. The van der Waals surface area contributed by atoms with Crippen molar-refractivity contribution < 1.29 is 24.6 Å². The summed E-state index contributed by atoms with van der Waals surface area (Å²) in [5, 5.41) is 17.0. The van der Waals surface area contributed by atoms with Crippen LogP contribution in [-0.4, -0.2) is 44.1 Å². The number of hydrogen-bond acceptors (Lipinski definition) is 4. The van der Waals surface area contributed by atoms with Crippen LogP contribution in [0.15, 0.2) is 11.8 Å². The minimum atomic E-state index is -1.01. The smallest absolute Gasteiger partial charge is 0.352 e. The summed E-state index contributed by atoms with van der Waals surface area (Å²) in [6.45, 7) is 4.99. The van der Waals surface area contributed by atoms with Crippen LogP contribution in [0.5, 0.6) is 0 Å². The van der Waals surface area contributed by atoms with Crippen LogP contribution in [0.4, 0.5) is 0 Å². The van der Waals surface area contributed by atoms with Crippen molar-refractivity contribution in [2.75, 3.05) is 5.75 Å². The van der Waals surface area contributed by atoms with Gasteiger partial charge in [-0.15, -0.1) is 24.2 Å². The van der Waals surface area contributed by atoms with E-state index in [1.54, 1.807) is 38.6 Å². The lowest BCUT2D eigenvalue weighted by Crippen LogP contribution is -2.52. The SMILES string of the molecule is CC(C)(C)C(=O)O.Cl.O=C(O)C1=CCSC2CC(=O)N12. The maximum absolute atomic E-state index is 11.0. The summed E-state index contributed by atoms with van der Waals surface area (Å²) in [6, 6.07) is 0. The van der Waals surface area contributed by atoms with E-state index in [9.17, 15) is 14.4 Å². The maximum Gasteiger partial charge on any atom is 0.352 e. The molecule has 0 aromatic rings. The van der Waals surface area contributed by atoms with Crippen molar-refractivity contribution in [3.63, 3.8) is 0 Å². The number of fused-ring (bicyclic) bond motifs is 1. The Morgan fingerprint density at radius 2 is 1.85 bits per heavy atom. The van der Waals surface area contributed by atoms with Gasteiger partial charge in [0.05, 0.1) is 17.2 Å². The lowest BCUT2D eigenvalue weighted by Gasteiger charge is -2.42. The Bertz CT molecular complexity index is 444. The van der Waals surface area contributed by atoms with Gasteiger partial charge in [0.1, 0.15) is 5.70 Å². The monoisotopic (exact) mass is 323 g/mol. The third-order valence-corrected chi connectivity index (χ3v) is 3.71. The molecule has 1 atom stereocenters. The van der Waals surface area contributed by atoms with Gasteiger partial charge in [-0.2, -0.15) is 0 Å². The summed E-state index contributed by atoms with van der Waals surface area (Å²) in [7, 11) is 0. The van der Waals surface area contributed by atoms with E-state index in [0.29, 0.717) is 12.2 Å². The highest BCUT2D eigenvalue weighted by atomic mass is 35.5. The van der Waals surface area contributed by atoms with Crippen molar-refractivity contribution in [3.8, 4) is 0 Å². The first-order chi connectivity index (χ1) is 8.64. The first-order valence-electron chi connectivity index (χ1n) is 5.75. The van der Waals surface area contributed by atoms with Crippen molar-refractivity contribution in [1.82, 2.24) is 4.90 Å². The molecule has 114 valence electrons. The van der Waals surface area contributed by atoms with E-state index in [2.05, 4.69) is 0 Å². The van der Waals surface area contributed by atoms with E-state index in [4.69, 9.17) is 10.2 Å². The van der Waals surface area contributed by atoms with Crippen LogP contribution in [-0.2, 0) is 14.4 Å². The Hall–Kier alpha value is -1.21. The highest BCUT2D eigenvalue weighted by Gasteiger charge is 2.42. The number of aliphatic carboxylic acids is 2. The number of carbonyl (C=O) groups is 3. The fraction of sp³-hybridized carbons (Fsp3) is 0.583. The summed E-state index contributed by atoms with van der Waals surface area (Å²) in [4.78, 5) is 33.0. The van der Waals surface area contributed by atoms with Crippen LogP contribution in [0.25, 0.3) is 0 Å². The molecule has 1 saturated heterocycles. The number of thioether (sulfide) groups is 1. The predicted octanol–water partition coefficient (Wildman–Crippen LogP) is 1.80. The average molecular weight is 324 g/mol. The highest BCUT2D eigenvalue weighted by Crippen LogP contribution is 2.36. The molecule has 6 nitrogen and oxygen atoms in total. The number of hydrogen-bond donors (Lipinski definition) is 2. The molecule has 20 heavy (non-hydrogen) atoms. The van der Waals surface area contributed by atoms with Crippen LogP contribution in [0.2, 0.25) is 0 Å². The molecule has 2 aliphatic rings.